The number of carboxylic acids is 1. The minimum atomic E-state index is -0.808. The van der Waals surface area contributed by atoms with Crippen molar-refractivity contribution >= 4 is 11.7 Å². The molecule has 0 fully saturated rings. The molecule has 4 heteroatoms. The highest BCUT2D eigenvalue weighted by atomic mass is 19.1. The highest BCUT2D eigenvalue weighted by Crippen LogP contribution is 2.38. The number of fused-ring (bicyclic) bond motifs is 1. The molecule has 0 aliphatic carbocycles. The largest absolute Gasteiger partial charge is 0.481 e. The Morgan fingerprint density at radius 2 is 2.44 bits per heavy atom. The molecule has 1 aliphatic rings. The molecule has 0 spiro atoms. The molecular weight excluding hydrogens is 209 g/mol. The lowest BCUT2D eigenvalue weighted by atomic mass is 9.87. The number of anilines is 1. The van der Waals surface area contributed by atoms with Crippen LogP contribution < -0.4 is 5.32 Å². The summed E-state index contributed by atoms with van der Waals surface area (Å²) in [4.78, 5) is 10.7. The Morgan fingerprint density at radius 3 is 3.12 bits per heavy atom. The number of carboxylic acid groups (broad SMARTS) is 1. The molecule has 2 unspecified atom stereocenters. The molecule has 16 heavy (non-hydrogen) atoms. The molecule has 0 amide bonds. The molecule has 1 aromatic rings. The first-order valence-corrected chi connectivity index (χ1v) is 5.33. The topological polar surface area (TPSA) is 49.3 Å². The van der Waals surface area contributed by atoms with E-state index in [9.17, 15) is 9.18 Å². The third-order valence-electron chi connectivity index (χ3n) is 3.13. The van der Waals surface area contributed by atoms with E-state index in [0.717, 1.165) is 5.56 Å². The molecule has 2 rings (SSSR count). The second kappa shape index (κ2) is 4.12. The van der Waals surface area contributed by atoms with Gasteiger partial charge in [0.1, 0.15) is 5.82 Å². The van der Waals surface area contributed by atoms with Crippen LogP contribution in [0.4, 0.5) is 10.1 Å². The number of nitrogens with one attached hydrogen (secondary N) is 1. The monoisotopic (exact) mass is 223 g/mol. The van der Waals surface area contributed by atoms with Gasteiger partial charge in [0, 0.05) is 18.9 Å². The van der Waals surface area contributed by atoms with Crippen LogP contribution in [0, 0.1) is 11.7 Å². The number of para-hydroxylation sites is 1. The SMILES string of the molecule is CC(CC(=O)O)C1CNc2c(F)cccc21. The van der Waals surface area contributed by atoms with Gasteiger partial charge < -0.3 is 10.4 Å². The summed E-state index contributed by atoms with van der Waals surface area (Å²) >= 11 is 0. The second-order valence-corrected chi connectivity index (χ2v) is 4.27. The lowest BCUT2D eigenvalue weighted by molar-refractivity contribution is -0.138. The molecule has 1 aliphatic heterocycles. The summed E-state index contributed by atoms with van der Waals surface area (Å²) in [5.41, 5.74) is 1.43. The van der Waals surface area contributed by atoms with Crippen LogP contribution in [-0.4, -0.2) is 17.6 Å². The third-order valence-corrected chi connectivity index (χ3v) is 3.13. The summed E-state index contributed by atoms with van der Waals surface area (Å²) in [5, 5.41) is 11.8. The Hall–Kier alpha value is -1.58. The van der Waals surface area contributed by atoms with E-state index in [1.807, 2.05) is 13.0 Å². The first kappa shape index (κ1) is 10.9. The molecule has 2 atom stereocenters. The van der Waals surface area contributed by atoms with Crippen LogP contribution in [0.15, 0.2) is 18.2 Å². The van der Waals surface area contributed by atoms with Crippen LogP contribution in [0.2, 0.25) is 0 Å². The zero-order valence-corrected chi connectivity index (χ0v) is 9.03. The summed E-state index contributed by atoms with van der Waals surface area (Å²) in [6, 6.07) is 4.94. The van der Waals surface area contributed by atoms with Crippen molar-refractivity contribution in [1.29, 1.82) is 0 Å². The summed E-state index contributed by atoms with van der Waals surface area (Å²) in [6.07, 6.45) is 0.113. The van der Waals surface area contributed by atoms with Gasteiger partial charge in [0.2, 0.25) is 0 Å². The highest BCUT2D eigenvalue weighted by Gasteiger charge is 2.29. The summed E-state index contributed by atoms with van der Waals surface area (Å²) < 4.78 is 13.4. The van der Waals surface area contributed by atoms with E-state index in [2.05, 4.69) is 5.32 Å². The Kier molecular flexibility index (Phi) is 2.81. The quantitative estimate of drug-likeness (QED) is 0.827. The minimum absolute atomic E-state index is 0.00745. The van der Waals surface area contributed by atoms with E-state index in [-0.39, 0.29) is 24.1 Å². The van der Waals surface area contributed by atoms with Crippen molar-refractivity contribution in [3.63, 3.8) is 0 Å². The number of rotatable bonds is 3. The van der Waals surface area contributed by atoms with Crippen LogP contribution in [0.3, 0.4) is 0 Å². The van der Waals surface area contributed by atoms with Gasteiger partial charge in [-0.25, -0.2) is 4.39 Å². The number of hydrogen-bond donors (Lipinski definition) is 2. The summed E-state index contributed by atoms with van der Waals surface area (Å²) in [5.74, 6) is -0.977. The van der Waals surface area contributed by atoms with E-state index in [1.165, 1.54) is 6.07 Å². The molecular formula is C12H14FNO2. The number of carbonyl (C=O) groups is 1. The first-order valence-electron chi connectivity index (χ1n) is 5.33. The Bertz CT molecular complexity index is 419. The van der Waals surface area contributed by atoms with Gasteiger partial charge >= 0.3 is 5.97 Å². The number of aliphatic carboxylic acids is 1. The van der Waals surface area contributed by atoms with Crippen molar-refractivity contribution in [3.05, 3.63) is 29.6 Å². The molecule has 0 saturated heterocycles. The number of hydrogen-bond acceptors (Lipinski definition) is 2. The van der Waals surface area contributed by atoms with Crippen molar-refractivity contribution in [3.8, 4) is 0 Å². The van der Waals surface area contributed by atoms with E-state index in [4.69, 9.17) is 5.11 Å². The van der Waals surface area contributed by atoms with Crippen LogP contribution >= 0.6 is 0 Å². The molecule has 1 heterocycles. The maximum atomic E-state index is 13.4. The fourth-order valence-electron chi connectivity index (χ4n) is 2.28. The molecule has 0 aromatic heterocycles. The van der Waals surface area contributed by atoms with Crippen molar-refractivity contribution in [2.45, 2.75) is 19.3 Å². The highest BCUT2D eigenvalue weighted by molar-refractivity contribution is 5.68. The second-order valence-electron chi connectivity index (χ2n) is 4.27. The van der Waals surface area contributed by atoms with E-state index >= 15 is 0 Å². The minimum Gasteiger partial charge on any atom is -0.481 e. The van der Waals surface area contributed by atoms with Crippen molar-refractivity contribution in [2.24, 2.45) is 5.92 Å². The molecule has 0 bridgehead atoms. The Labute approximate surface area is 93.3 Å². The van der Waals surface area contributed by atoms with Crippen LogP contribution in [0.25, 0.3) is 0 Å². The third kappa shape index (κ3) is 1.87. The van der Waals surface area contributed by atoms with E-state index in [0.29, 0.717) is 12.2 Å². The van der Waals surface area contributed by atoms with E-state index < -0.39 is 5.97 Å². The van der Waals surface area contributed by atoms with Gasteiger partial charge in [0.15, 0.2) is 0 Å². The van der Waals surface area contributed by atoms with Gasteiger partial charge in [-0.15, -0.1) is 0 Å². The fraction of sp³-hybridized carbons (Fsp3) is 0.417. The van der Waals surface area contributed by atoms with Crippen LogP contribution in [0.5, 0.6) is 0 Å². The maximum absolute atomic E-state index is 13.4. The Balaban J connectivity index is 2.23. The molecule has 0 radical (unpaired) electrons. The summed E-state index contributed by atoms with van der Waals surface area (Å²) in [7, 11) is 0. The zero-order chi connectivity index (χ0) is 11.7. The van der Waals surface area contributed by atoms with Gasteiger partial charge in [-0.3, -0.25) is 4.79 Å². The smallest absolute Gasteiger partial charge is 0.303 e. The maximum Gasteiger partial charge on any atom is 0.303 e. The van der Waals surface area contributed by atoms with Gasteiger partial charge in [0.05, 0.1) is 5.69 Å². The normalized spacial score (nSPS) is 20.0. The van der Waals surface area contributed by atoms with Crippen molar-refractivity contribution in [1.82, 2.24) is 0 Å². The van der Waals surface area contributed by atoms with Gasteiger partial charge in [-0.05, 0) is 17.5 Å². The lowest BCUT2D eigenvalue weighted by Gasteiger charge is -2.17. The van der Waals surface area contributed by atoms with Gasteiger partial charge in [0.25, 0.3) is 0 Å². The molecule has 3 nitrogen and oxygen atoms in total. The van der Waals surface area contributed by atoms with Crippen molar-refractivity contribution in [2.75, 3.05) is 11.9 Å². The van der Waals surface area contributed by atoms with Crippen molar-refractivity contribution < 1.29 is 14.3 Å². The summed E-state index contributed by atoms with van der Waals surface area (Å²) in [6.45, 7) is 2.51. The number of benzene rings is 1. The van der Waals surface area contributed by atoms with Gasteiger partial charge in [-0.1, -0.05) is 19.1 Å². The molecule has 86 valence electrons. The predicted octanol–water partition coefficient (Wildman–Crippen LogP) is 2.45. The average Bonchev–Trinajstić information content (AvgIpc) is 2.61. The van der Waals surface area contributed by atoms with Gasteiger partial charge in [-0.2, -0.15) is 0 Å². The predicted molar refractivity (Wildman–Crippen MR) is 59.0 cm³/mol. The average molecular weight is 223 g/mol. The van der Waals surface area contributed by atoms with Crippen LogP contribution in [-0.2, 0) is 4.79 Å². The zero-order valence-electron chi connectivity index (χ0n) is 9.03. The lowest BCUT2D eigenvalue weighted by Crippen LogP contribution is -2.15. The molecule has 2 N–H and O–H groups in total. The molecule has 1 aromatic carbocycles. The van der Waals surface area contributed by atoms with E-state index in [1.54, 1.807) is 6.07 Å². The number of halogens is 1. The Morgan fingerprint density at radius 1 is 1.69 bits per heavy atom. The fourth-order valence-corrected chi connectivity index (χ4v) is 2.28. The van der Waals surface area contributed by atoms with Crippen LogP contribution in [0.1, 0.15) is 24.8 Å². The molecule has 0 saturated carbocycles. The standard InChI is InChI=1S/C12H14FNO2/c1-7(5-11(15)16)9-6-14-12-8(9)3-2-4-10(12)13/h2-4,7,9,14H,5-6H2,1H3,(H,15,16). The first-order chi connectivity index (χ1) is 7.59.